The lowest BCUT2D eigenvalue weighted by Gasteiger charge is -2.32. The number of nitrogens with zero attached hydrogens (tertiary/aromatic N) is 3. The summed E-state index contributed by atoms with van der Waals surface area (Å²) in [7, 11) is 0. The van der Waals surface area contributed by atoms with Gasteiger partial charge in [0.25, 0.3) is 5.91 Å². The minimum absolute atomic E-state index is 0.0743. The Morgan fingerprint density at radius 3 is 2.48 bits per heavy atom. The topological polar surface area (TPSA) is 134 Å². The molecular weight excluding hydrogens is 595 g/mol. The van der Waals surface area contributed by atoms with E-state index in [1.807, 2.05) is 68.6 Å². The van der Waals surface area contributed by atoms with E-state index in [0.717, 1.165) is 33.2 Å². The van der Waals surface area contributed by atoms with Crippen LogP contribution in [0, 0.1) is 0 Å². The van der Waals surface area contributed by atoms with Crippen LogP contribution < -0.4 is 10.8 Å². The van der Waals surface area contributed by atoms with Crippen molar-refractivity contribution in [1.29, 1.82) is 0 Å². The number of rotatable bonds is 7. The van der Waals surface area contributed by atoms with Gasteiger partial charge in [-0.15, -0.1) is 34.0 Å². The fraction of sp³-hybridized carbons (Fsp3) is 0.345. The number of thiophene rings is 1. The minimum atomic E-state index is -0.542. The molecule has 1 saturated heterocycles. The number of anilines is 1. The number of hydrogen-bond acceptors (Lipinski definition) is 10. The third-order valence-electron chi connectivity index (χ3n) is 6.49. The van der Waals surface area contributed by atoms with Gasteiger partial charge in [-0.1, -0.05) is 30.3 Å². The highest BCUT2D eigenvalue weighted by atomic mass is 32.1. The van der Waals surface area contributed by atoms with Gasteiger partial charge in [-0.05, 0) is 45.7 Å². The smallest absolute Gasteiger partial charge is 0.410 e. The molecule has 13 heteroatoms. The lowest BCUT2D eigenvalue weighted by Crippen LogP contribution is -2.41. The Hall–Kier alpha value is -3.65. The average molecular weight is 626 g/mol. The van der Waals surface area contributed by atoms with Crippen LogP contribution in [-0.2, 0) is 16.0 Å². The summed E-state index contributed by atoms with van der Waals surface area (Å²) in [4.78, 5) is 51.0. The maximum absolute atomic E-state index is 13.6. The zero-order valence-corrected chi connectivity index (χ0v) is 25.8. The zero-order chi connectivity index (χ0) is 29.9. The van der Waals surface area contributed by atoms with E-state index in [9.17, 15) is 14.4 Å². The molecule has 0 atom stereocenters. The maximum Gasteiger partial charge on any atom is 0.410 e. The Labute approximate surface area is 255 Å². The third-order valence-corrected chi connectivity index (χ3v) is 9.57. The molecule has 0 unspecified atom stereocenters. The number of nitrogens with one attached hydrogen (secondary N) is 2. The monoisotopic (exact) mass is 625 g/mol. The summed E-state index contributed by atoms with van der Waals surface area (Å²) in [6, 6.07) is 13.3. The van der Waals surface area contributed by atoms with Gasteiger partial charge in [-0.25, -0.2) is 20.2 Å². The summed E-state index contributed by atoms with van der Waals surface area (Å²) < 4.78 is 5.53. The summed E-state index contributed by atoms with van der Waals surface area (Å²) >= 11 is 4.10. The van der Waals surface area contributed by atoms with Crippen molar-refractivity contribution >= 4 is 57.0 Å². The molecule has 220 valence electrons. The van der Waals surface area contributed by atoms with E-state index in [1.165, 1.54) is 34.0 Å². The molecule has 0 aliphatic carbocycles. The van der Waals surface area contributed by atoms with Crippen LogP contribution >= 0.6 is 34.0 Å². The first-order chi connectivity index (χ1) is 20.1. The molecule has 3 aromatic heterocycles. The number of thiazole rings is 2. The molecule has 0 spiro atoms. The summed E-state index contributed by atoms with van der Waals surface area (Å²) in [5.41, 5.74) is 3.28. The van der Waals surface area contributed by atoms with Gasteiger partial charge in [0, 0.05) is 34.8 Å². The van der Waals surface area contributed by atoms with Gasteiger partial charge in [-0.3, -0.25) is 20.1 Å². The highest BCUT2D eigenvalue weighted by molar-refractivity contribution is 7.17. The Balaban J connectivity index is 1.31. The zero-order valence-electron chi connectivity index (χ0n) is 23.4. The number of hydroxylamine groups is 1. The fourth-order valence-corrected chi connectivity index (χ4v) is 7.40. The van der Waals surface area contributed by atoms with Gasteiger partial charge < -0.3 is 9.64 Å². The van der Waals surface area contributed by atoms with Crippen molar-refractivity contribution in [2.24, 2.45) is 0 Å². The van der Waals surface area contributed by atoms with Gasteiger partial charge in [0.1, 0.15) is 10.5 Å². The number of carbonyl (C=O) groups is 3. The molecule has 5 rings (SSSR count). The standard InChI is InChI=1S/C29H31N5O5S3/c1-29(2,3)39-28(37)34-13-11-18(12-14-34)26-31-23(17-7-5-4-6-8-17)24(42-26)25(36)32-27-30-20(16-40-27)21-10-9-19(41-21)15-22(35)33-38/h4-10,16,18,38H,11-15H2,1-3H3,(H,33,35)(H,30,32,36). The summed E-state index contributed by atoms with van der Waals surface area (Å²) in [6.45, 7) is 6.71. The second-order valence-electron chi connectivity index (χ2n) is 10.8. The van der Waals surface area contributed by atoms with E-state index < -0.39 is 11.5 Å². The highest BCUT2D eigenvalue weighted by Crippen LogP contribution is 2.37. The first-order valence-electron chi connectivity index (χ1n) is 13.4. The minimum Gasteiger partial charge on any atom is -0.444 e. The van der Waals surface area contributed by atoms with E-state index in [4.69, 9.17) is 14.9 Å². The van der Waals surface area contributed by atoms with Crippen LogP contribution in [-0.4, -0.2) is 56.7 Å². The molecule has 0 radical (unpaired) electrons. The van der Waals surface area contributed by atoms with E-state index in [2.05, 4.69) is 10.3 Å². The third kappa shape index (κ3) is 7.21. The van der Waals surface area contributed by atoms with Gasteiger partial charge in [-0.2, -0.15) is 0 Å². The number of amides is 3. The number of carbonyl (C=O) groups excluding carboxylic acids is 3. The van der Waals surface area contributed by atoms with Crippen molar-refractivity contribution in [2.45, 2.75) is 51.6 Å². The quantitative estimate of drug-likeness (QED) is 0.160. The van der Waals surface area contributed by atoms with Crippen LogP contribution in [0.1, 0.15) is 59.1 Å². The van der Waals surface area contributed by atoms with Crippen LogP contribution in [0.4, 0.5) is 9.93 Å². The number of piperidine rings is 1. The van der Waals surface area contributed by atoms with E-state index in [0.29, 0.717) is 34.5 Å². The van der Waals surface area contributed by atoms with Gasteiger partial charge in [0.2, 0.25) is 5.91 Å². The molecule has 4 heterocycles. The number of aromatic nitrogens is 2. The van der Waals surface area contributed by atoms with Crippen molar-refractivity contribution in [3.63, 3.8) is 0 Å². The first-order valence-corrected chi connectivity index (χ1v) is 15.9. The number of benzene rings is 1. The van der Waals surface area contributed by atoms with Crippen molar-refractivity contribution in [3.05, 3.63) is 62.6 Å². The summed E-state index contributed by atoms with van der Waals surface area (Å²) in [6.07, 6.45) is 1.24. The molecule has 1 aliphatic rings. The van der Waals surface area contributed by atoms with Crippen LogP contribution in [0.25, 0.3) is 21.8 Å². The van der Waals surface area contributed by atoms with Crippen LogP contribution in [0.15, 0.2) is 47.8 Å². The highest BCUT2D eigenvalue weighted by Gasteiger charge is 2.31. The Morgan fingerprint density at radius 2 is 1.79 bits per heavy atom. The van der Waals surface area contributed by atoms with Crippen molar-refractivity contribution in [1.82, 2.24) is 20.3 Å². The van der Waals surface area contributed by atoms with E-state index >= 15 is 0 Å². The summed E-state index contributed by atoms with van der Waals surface area (Å²) in [5.74, 6) is -0.636. The van der Waals surface area contributed by atoms with Crippen molar-refractivity contribution in [3.8, 4) is 21.8 Å². The van der Waals surface area contributed by atoms with Crippen molar-refractivity contribution in [2.75, 3.05) is 18.4 Å². The molecule has 42 heavy (non-hydrogen) atoms. The second-order valence-corrected chi connectivity index (χ2v) is 13.9. The number of ether oxygens (including phenoxy) is 1. The fourth-order valence-electron chi connectivity index (χ4n) is 4.50. The number of hydrogen-bond donors (Lipinski definition) is 3. The SMILES string of the molecule is CC(C)(C)OC(=O)N1CCC(c2nc(-c3ccccc3)c(C(=O)Nc3nc(-c4ccc(CC(=O)NO)s4)cs3)s2)CC1. The molecule has 3 amide bonds. The molecule has 0 bridgehead atoms. The molecule has 10 nitrogen and oxygen atoms in total. The van der Waals surface area contributed by atoms with Crippen molar-refractivity contribution < 1.29 is 24.3 Å². The molecule has 0 saturated carbocycles. The largest absolute Gasteiger partial charge is 0.444 e. The molecule has 1 fully saturated rings. The predicted molar refractivity (Wildman–Crippen MR) is 164 cm³/mol. The molecule has 1 aliphatic heterocycles. The van der Waals surface area contributed by atoms with E-state index in [1.54, 1.807) is 10.4 Å². The predicted octanol–water partition coefficient (Wildman–Crippen LogP) is 6.41. The Bertz CT molecular complexity index is 1570. The average Bonchev–Trinajstić information content (AvgIpc) is 3.73. The van der Waals surface area contributed by atoms with Gasteiger partial charge in [0.15, 0.2) is 5.13 Å². The van der Waals surface area contributed by atoms with Gasteiger partial charge >= 0.3 is 6.09 Å². The van der Waals surface area contributed by atoms with Crippen LogP contribution in [0.3, 0.4) is 0 Å². The molecule has 4 aromatic rings. The Kier molecular flexibility index (Phi) is 9.02. The molecule has 3 N–H and O–H groups in total. The molecule has 1 aromatic carbocycles. The van der Waals surface area contributed by atoms with Gasteiger partial charge in [0.05, 0.1) is 27.7 Å². The maximum atomic E-state index is 13.6. The lowest BCUT2D eigenvalue weighted by atomic mass is 9.98. The lowest BCUT2D eigenvalue weighted by molar-refractivity contribution is -0.128. The number of likely N-dealkylation sites (tertiary alicyclic amines) is 1. The normalized spacial score (nSPS) is 14.0. The molecular formula is C29H31N5O5S3. The van der Waals surface area contributed by atoms with Crippen LogP contribution in [0.5, 0.6) is 0 Å². The summed E-state index contributed by atoms with van der Waals surface area (Å²) in [5, 5.41) is 14.9. The van der Waals surface area contributed by atoms with E-state index in [-0.39, 0.29) is 24.3 Å². The van der Waals surface area contributed by atoms with Crippen LogP contribution in [0.2, 0.25) is 0 Å². The first kappa shape index (κ1) is 29.8. The second kappa shape index (κ2) is 12.7. The Morgan fingerprint density at radius 1 is 1.05 bits per heavy atom.